The quantitative estimate of drug-likeness (QED) is 0.248. The lowest BCUT2D eigenvalue weighted by Gasteiger charge is -2.28. The lowest BCUT2D eigenvalue weighted by Crippen LogP contribution is -2.35. The molecular formula is C22H35O6P. The summed E-state index contributed by atoms with van der Waals surface area (Å²) in [5, 5.41) is 0. The number of carbonyl (C=O) groups is 2. The van der Waals surface area contributed by atoms with Crippen LogP contribution in [0.4, 0.5) is 0 Å². The first kappa shape index (κ1) is 25.2. The summed E-state index contributed by atoms with van der Waals surface area (Å²) in [5.41, 5.74) is 0.332. The largest absolute Gasteiger partial charge is 0.496 e. The van der Waals surface area contributed by atoms with E-state index in [1.165, 1.54) is 14.2 Å². The second-order valence-electron chi connectivity index (χ2n) is 7.63. The van der Waals surface area contributed by atoms with Crippen LogP contribution in [0.1, 0.15) is 62.7 Å². The Bertz CT molecular complexity index is 632. The molecule has 1 saturated carbocycles. The van der Waals surface area contributed by atoms with Crippen LogP contribution in [0.2, 0.25) is 0 Å². The average molecular weight is 426 g/mol. The van der Waals surface area contributed by atoms with Gasteiger partial charge in [-0.25, -0.2) is 0 Å². The zero-order valence-corrected chi connectivity index (χ0v) is 19.5. The van der Waals surface area contributed by atoms with Crippen molar-refractivity contribution in [3.8, 4) is 11.5 Å². The average Bonchev–Trinajstić information content (AvgIpc) is 2.75. The number of Topliss-reactive ketones (excluding diaryl/α,β-unsaturated/α-hetero) is 1. The summed E-state index contributed by atoms with van der Waals surface area (Å²) >= 11 is 0. The van der Waals surface area contributed by atoms with Crippen molar-refractivity contribution < 1.29 is 28.4 Å². The normalized spacial score (nSPS) is 15.2. The van der Waals surface area contributed by atoms with Crippen molar-refractivity contribution in [1.29, 1.82) is 0 Å². The SMILES string of the molecule is COc1cccc(OC)c1C(=O)C(C(=O)OCCC(C)C)C1CCCCC1.O=[PH3]. The summed E-state index contributed by atoms with van der Waals surface area (Å²) in [7, 11) is 3.64. The van der Waals surface area contributed by atoms with Crippen LogP contribution < -0.4 is 9.47 Å². The number of benzene rings is 1. The number of hydrogen-bond donors (Lipinski definition) is 0. The Morgan fingerprint density at radius 1 is 1.03 bits per heavy atom. The Kier molecular flexibility index (Phi) is 11.7. The molecule has 2 rings (SSSR count). The number of rotatable bonds is 9. The third-order valence-corrected chi connectivity index (χ3v) is 5.27. The molecular weight excluding hydrogens is 391 g/mol. The molecule has 1 aromatic carbocycles. The third-order valence-electron chi connectivity index (χ3n) is 5.27. The summed E-state index contributed by atoms with van der Waals surface area (Å²) in [4.78, 5) is 26.4. The van der Waals surface area contributed by atoms with E-state index in [2.05, 4.69) is 13.8 Å². The third kappa shape index (κ3) is 7.18. The lowest BCUT2D eigenvalue weighted by atomic mass is 9.76. The van der Waals surface area contributed by atoms with Crippen molar-refractivity contribution in [2.24, 2.45) is 17.8 Å². The van der Waals surface area contributed by atoms with Gasteiger partial charge >= 0.3 is 5.97 Å². The molecule has 1 aliphatic carbocycles. The van der Waals surface area contributed by atoms with Gasteiger partial charge in [0.25, 0.3) is 0 Å². The van der Waals surface area contributed by atoms with Crippen LogP contribution in [0.3, 0.4) is 0 Å². The zero-order chi connectivity index (χ0) is 21.8. The summed E-state index contributed by atoms with van der Waals surface area (Å²) in [6.45, 7) is 4.50. The van der Waals surface area contributed by atoms with Crippen molar-refractivity contribution in [2.45, 2.75) is 52.4 Å². The first-order valence-electron chi connectivity index (χ1n) is 10.2. The molecule has 29 heavy (non-hydrogen) atoms. The van der Waals surface area contributed by atoms with Crippen LogP contribution in [-0.2, 0) is 14.1 Å². The van der Waals surface area contributed by atoms with E-state index in [1.807, 2.05) is 0 Å². The number of ketones is 1. The van der Waals surface area contributed by atoms with Gasteiger partial charge in [0.15, 0.2) is 5.78 Å². The molecule has 6 nitrogen and oxygen atoms in total. The Morgan fingerprint density at radius 2 is 1.59 bits per heavy atom. The Balaban J connectivity index is 0.00000204. The number of esters is 1. The van der Waals surface area contributed by atoms with Gasteiger partial charge in [-0.1, -0.05) is 39.2 Å². The molecule has 0 bridgehead atoms. The summed E-state index contributed by atoms with van der Waals surface area (Å²) in [5.74, 6) is -0.178. The summed E-state index contributed by atoms with van der Waals surface area (Å²) < 4.78 is 24.6. The van der Waals surface area contributed by atoms with E-state index in [9.17, 15) is 9.59 Å². The van der Waals surface area contributed by atoms with Crippen LogP contribution in [-0.4, -0.2) is 32.6 Å². The van der Waals surface area contributed by atoms with Gasteiger partial charge in [-0.3, -0.25) is 9.59 Å². The maximum Gasteiger partial charge on any atom is 0.317 e. The summed E-state index contributed by atoms with van der Waals surface area (Å²) in [6.07, 6.45) is 5.75. The molecule has 0 amide bonds. The van der Waals surface area contributed by atoms with Crippen LogP contribution >= 0.6 is 9.12 Å². The molecule has 2 atom stereocenters. The van der Waals surface area contributed by atoms with Gasteiger partial charge in [-0.05, 0) is 43.2 Å². The maximum atomic E-state index is 13.5. The molecule has 0 N–H and O–H groups in total. The van der Waals surface area contributed by atoms with Crippen LogP contribution in [0.25, 0.3) is 0 Å². The second kappa shape index (κ2) is 13.4. The lowest BCUT2D eigenvalue weighted by molar-refractivity contribution is -0.149. The highest BCUT2D eigenvalue weighted by Crippen LogP contribution is 2.37. The Hall–Kier alpha value is -1.81. The predicted octanol–water partition coefficient (Wildman–Crippen LogP) is 4.61. The fraction of sp³-hybridized carbons (Fsp3) is 0.636. The molecule has 0 saturated heterocycles. The standard InChI is InChI=1S/C22H32O5.H3OP/c1-15(2)13-14-27-22(24)19(16-9-6-5-7-10-16)21(23)20-17(25-3)11-8-12-18(20)26-4;1-2/h8,11-12,15-16,19H,5-7,9-10,13-14H2,1-4H3;2H3. The highest BCUT2D eigenvalue weighted by Gasteiger charge is 2.39. The molecule has 0 spiro atoms. The van der Waals surface area contributed by atoms with Crippen LogP contribution in [0.15, 0.2) is 18.2 Å². The molecule has 164 valence electrons. The molecule has 2 unspecified atom stereocenters. The van der Waals surface area contributed by atoms with Gasteiger partial charge in [0.2, 0.25) is 0 Å². The minimum atomic E-state index is -0.803. The van der Waals surface area contributed by atoms with Crippen molar-refractivity contribution >= 4 is 20.9 Å². The topological polar surface area (TPSA) is 78.9 Å². The molecule has 1 fully saturated rings. The smallest absolute Gasteiger partial charge is 0.317 e. The van der Waals surface area contributed by atoms with Crippen LogP contribution in [0, 0.1) is 17.8 Å². The molecule has 7 heteroatoms. The van der Waals surface area contributed by atoms with Crippen molar-refractivity contribution in [2.75, 3.05) is 20.8 Å². The van der Waals surface area contributed by atoms with Gasteiger partial charge in [0.05, 0.1) is 29.9 Å². The predicted molar refractivity (Wildman–Crippen MR) is 116 cm³/mol. The van der Waals surface area contributed by atoms with Crippen LogP contribution in [0.5, 0.6) is 11.5 Å². The van der Waals surface area contributed by atoms with E-state index in [0.29, 0.717) is 38.7 Å². The second-order valence-corrected chi connectivity index (χ2v) is 7.63. The highest BCUT2D eigenvalue weighted by molar-refractivity contribution is 7.00. The van der Waals surface area contributed by atoms with E-state index in [1.54, 1.807) is 18.2 Å². The van der Waals surface area contributed by atoms with Gasteiger partial charge in [0.1, 0.15) is 23.0 Å². The molecule has 1 aliphatic rings. The van der Waals surface area contributed by atoms with E-state index in [0.717, 1.165) is 38.5 Å². The number of hydrogen-bond acceptors (Lipinski definition) is 6. The minimum Gasteiger partial charge on any atom is -0.496 e. The highest BCUT2D eigenvalue weighted by atomic mass is 31.0. The Labute approximate surface area is 175 Å². The number of ether oxygens (including phenoxy) is 3. The van der Waals surface area contributed by atoms with Gasteiger partial charge < -0.3 is 18.8 Å². The van der Waals surface area contributed by atoms with E-state index < -0.39 is 11.9 Å². The minimum absolute atomic E-state index is 0.00687. The fourth-order valence-electron chi connectivity index (χ4n) is 3.72. The number of methoxy groups -OCH3 is 2. The first-order valence-corrected chi connectivity index (χ1v) is 10.8. The van der Waals surface area contributed by atoms with E-state index in [4.69, 9.17) is 18.8 Å². The zero-order valence-electron chi connectivity index (χ0n) is 18.1. The van der Waals surface area contributed by atoms with E-state index in [-0.39, 0.29) is 11.7 Å². The molecule has 0 heterocycles. The maximum absolute atomic E-state index is 13.5. The molecule has 0 radical (unpaired) electrons. The number of carbonyl (C=O) groups excluding carboxylic acids is 2. The fourth-order valence-corrected chi connectivity index (χ4v) is 3.72. The first-order chi connectivity index (χ1) is 14.0. The monoisotopic (exact) mass is 426 g/mol. The van der Waals surface area contributed by atoms with Gasteiger partial charge in [-0.15, -0.1) is 0 Å². The molecule has 0 aliphatic heterocycles. The van der Waals surface area contributed by atoms with Crippen molar-refractivity contribution in [3.05, 3.63) is 23.8 Å². The van der Waals surface area contributed by atoms with Gasteiger partial charge in [-0.2, -0.15) is 0 Å². The Morgan fingerprint density at radius 3 is 2.07 bits per heavy atom. The van der Waals surface area contributed by atoms with Crippen molar-refractivity contribution in [3.63, 3.8) is 0 Å². The molecule has 1 aromatic rings. The van der Waals surface area contributed by atoms with E-state index >= 15 is 0 Å². The summed E-state index contributed by atoms with van der Waals surface area (Å²) in [6, 6.07) is 5.21. The molecule has 0 aromatic heterocycles. The van der Waals surface area contributed by atoms with Gasteiger partial charge in [0, 0.05) is 0 Å². The van der Waals surface area contributed by atoms with Crippen molar-refractivity contribution in [1.82, 2.24) is 0 Å².